The number of hydrogen-bond acceptors (Lipinski definition) is 5. The minimum atomic E-state index is -0.450. The van der Waals surface area contributed by atoms with E-state index in [0.29, 0.717) is 16.5 Å². The van der Waals surface area contributed by atoms with E-state index in [9.17, 15) is 9.18 Å². The molecule has 7 heteroatoms. The van der Waals surface area contributed by atoms with Gasteiger partial charge in [0.05, 0.1) is 5.56 Å². The second-order valence-electron chi connectivity index (χ2n) is 4.22. The maximum atomic E-state index is 13.7. The predicted octanol–water partition coefficient (Wildman–Crippen LogP) is 3.50. The van der Waals surface area contributed by atoms with Crippen LogP contribution in [0.3, 0.4) is 0 Å². The van der Waals surface area contributed by atoms with Gasteiger partial charge in [0.15, 0.2) is 5.76 Å². The molecule has 0 aliphatic carbocycles. The van der Waals surface area contributed by atoms with Gasteiger partial charge in [-0.15, -0.1) is 10.2 Å². The summed E-state index contributed by atoms with van der Waals surface area (Å²) in [7, 11) is 0. The van der Waals surface area contributed by atoms with Crippen molar-refractivity contribution in [1.29, 1.82) is 0 Å². The lowest BCUT2D eigenvalue weighted by molar-refractivity contribution is 0.0997. The number of halogens is 1. The number of nitrogens with zero attached hydrogens (tertiary/aromatic N) is 2. The average molecular weight is 303 g/mol. The maximum Gasteiger partial charge on any atom is 0.293 e. The first-order valence-corrected chi connectivity index (χ1v) is 6.91. The van der Waals surface area contributed by atoms with Crippen LogP contribution in [0.5, 0.6) is 0 Å². The van der Waals surface area contributed by atoms with Crippen molar-refractivity contribution in [1.82, 2.24) is 10.2 Å². The second-order valence-corrected chi connectivity index (χ2v) is 5.41. The van der Waals surface area contributed by atoms with Crippen LogP contribution in [0.2, 0.25) is 0 Å². The summed E-state index contributed by atoms with van der Waals surface area (Å²) in [5.41, 5.74) is 0.309. The van der Waals surface area contributed by atoms with E-state index in [1.165, 1.54) is 23.5 Å². The van der Waals surface area contributed by atoms with Crippen LogP contribution in [-0.4, -0.2) is 16.1 Å². The van der Waals surface area contributed by atoms with Gasteiger partial charge < -0.3 is 4.42 Å². The summed E-state index contributed by atoms with van der Waals surface area (Å²) in [6.07, 6.45) is 0. The highest BCUT2D eigenvalue weighted by atomic mass is 32.1. The van der Waals surface area contributed by atoms with Gasteiger partial charge in [0.2, 0.25) is 5.13 Å². The van der Waals surface area contributed by atoms with Crippen molar-refractivity contribution in [3.63, 3.8) is 0 Å². The molecule has 3 aromatic rings. The second kappa shape index (κ2) is 5.45. The van der Waals surface area contributed by atoms with Crippen molar-refractivity contribution in [2.24, 2.45) is 0 Å². The summed E-state index contributed by atoms with van der Waals surface area (Å²) in [5, 5.41) is 11.3. The number of anilines is 1. The molecule has 106 valence electrons. The number of carbonyl (C=O) groups excluding carboxylic acids is 1. The van der Waals surface area contributed by atoms with Crippen LogP contribution in [0.1, 0.15) is 15.6 Å². The molecular formula is C14H10FN3O2S. The van der Waals surface area contributed by atoms with Crippen molar-refractivity contribution < 1.29 is 13.6 Å². The van der Waals surface area contributed by atoms with E-state index in [4.69, 9.17) is 4.42 Å². The topological polar surface area (TPSA) is 68.0 Å². The van der Waals surface area contributed by atoms with Gasteiger partial charge in [-0.05, 0) is 31.2 Å². The van der Waals surface area contributed by atoms with Gasteiger partial charge in [0, 0.05) is 0 Å². The number of amides is 1. The maximum absolute atomic E-state index is 13.7. The van der Waals surface area contributed by atoms with E-state index in [2.05, 4.69) is 15.5 Å². The molecule has 0 saturated carbocycles. The number of aromatic nitrogens is 2. The molecule has 1 N–H and O–H groups in total. The van der Waals surface area contributed by atoms with Crippen molar-refractivity contribution in [3.05, 3.63) is 53.0 Å². The van der Waals surface area contributed by atoms with Crippen molar-refractivity contribution in [3.8, 4) is 11.3 Å². The van der Waals surface area contributed by atoms with Crippen LogP contribution < -0.4 is 5.32 Å². The first-order valence-electron chi connectivity index (χ1n) is 6.09. The van der Waals surface area contributed by atoms with Crippen LogP contribution in [-0.2, 0) is 0 Å². The third kappa shape index (κ3) is 2.82. The number of rotatable bonds is 3. The van der Waals surface area contributed by atoms with Gasteiger partial charge in [-0.2, -0.15) is 0 Å². The summed E-state index contributed by atoms with van der Waals surface area (Å²) in [6.45, 7) is 1.79. The molecule has 0 aliphatic heterocycles. The molecule has 0 fully saturated rings. The quantitative estimate of drug-likeness (QED) is 0.804. The molecule has 1 amide bonds. The van der Waals surface area contributed by atoms with Gasteiger partial charge in [0.1, 0.15) is 16.6 Å². The van der Waals surface area contributed by atoms with E-state index in [-0.39, 0.29) is 5.76 Å². The van der Waals surface area contributed by atoms with Gasteiger partial charge in [-0.3, -0.25) is 10.1 Å². The fourth-order valence-electron chi connectivity index (χ4n) is 1.77. The molecule has 0 saturated heterocycles. The lowest BCUT2D eigenvalue weighted by Gasteiger charge is -1.99. The summed E-state index contributed by atoms with van der Waals surface area (Å²) < 4.78 is 19.1. The molecule has 0 aliphatic rings. The molecule has 2 heterocycles. The van der Waals surface area contributed by atoms with E-state index >= 15 is 0 Å². The van der Waals surface area contributed by atoms with E-state index in [0.717, 1.165) is 5.01 Å². The largest absolute Gasteiger partial charge is 0.451 e. The zero-order valence-corrected chi connectivity index (χ0v) is 11.8. The lowest BCUT2D eigenvalue weighted by Crippen LogP contribution is -2.10. The summed E-state index contributed by atoms with van der Waals surface area (Å²) in [6, 6.07) is 9.26. The van der Waals surface area contributed by atoms with E-state index in [1.54, 1.807) is 31.2 Å². The Morgan fingerprint density at radius 1 is 1.24 bits per heavy atom. The Morgan fingerprint density at radius 2 is 2.05 bits per heavy atom. The fraction of sp³-hybridized carbons (Fsp3) is 0.0714. The van der Waals surface area contributed by atoms with Gasteiger partial charge >= 0.3 is 0 Å². The van der Waals surface area contributed by atoms with E-state index < -0.39 is 11.7 Å². The Hall–Kier alpha value is -2.54. The number of aryl methyl sites for hydroxylation is 1. The van der Waals surface area contributed by atoms with Crippen LogP contribution in [0.25, 0.3) is 11.3 Å². The van der Waals surface area contributed by atoms with Crippen molar-refractivity contribution >= 4 is 22.4 Å². The highest BCUT2D eigenvalue weighted by molar-refractivity contribution is 7.15. The minimum absolute atomic E-state index is 0.0844. The Balaban J connectivity index is 1.82. The molecular weight excluding hydrogens is 293 g/mol. The normalized spacial score (nSPS) is 10.6. The summed E-state index contributed by atoms with van der Waals surface area (Å²) >= 11 is 1.26. The molecule has 2 aromatic heterocycles. The summed E-state index contributed by atoms with van der Waals surface area (Å²) in [4.78, 5) is 12.0. The number of nitrogens with one attached hydrogen (secondary N) is 1. The molecule has 0 spiro atoms. The van der Waals surface area contributed by atoms with Crippen molar-refractivity contribution in [2.45, 2.75) is 6.92 Å². The molecule has 0 unspecified atom stereocenters. The van der Waals surface area contributed by atoms with Crippen LogP contribution >= 0.6 is 11.3 Å². The molecule has 1 aromatic carbocycles. The zero-order chi connectivity index (χ0) is 14.8. The number of hydrogen-bond donors (Lipinski definition) is 1. The molecule has 3 rings (SSSR count). The first kappa shape index (κ1) is 13.4. The predicted molar refractivity (Wildman–Crippen MR) is 76.7 cm³/mol. The van der Waals surface area contributed by atoms with Gasteiger partial charge in [0.25, 0.3) is 5.91 Å². The highest BCUT2D eigenvalue weighted by Gasteiger charge is 2.15. The minimum Gasteiger partial charge on any atom is -0.451 e. The molecule has 0 bridgehead atoms. The Kier molecular flexibility index (Phi) is 3.49. The number of furan rings is 1. The summed E-state index contributed by atoms with van der Waals surface area (Å²) in [5.74, 6) is -0.472. The van der Waals surface area contributed by atoms with Crippen LogP contribution in [0, 0.1) is 12.7 Å². The third-order valence-corrected chi connectivity index (χ3v) is 3.47. The van der Waals surface area contributed by atoms with Crippen LogP contribution in [0.15, 0.2) is 40.8 Å². The monoisotopic (exact) mass is 303 g/mol. The molecule has 21 heavy (non-hydrogen) atoms. The SMILES string of the molecule is Cc1nnc(NC(=O)c2ccc(-c3ccccc3F)o2)s1. The number of carbonyl (C=O) groups is 1. The lowest BCUT2D eigenvalue weighted by atomic mass is 10.1. The van der Waals surface area contributed by atoms with Gasteiger partial charge in [-0.1, -0.05) is 23.5 Å². The Bertz CT molecular complexity index is 797. The molecule has 0 radical (unpaired) electrons. The average Bonchev–Trinajstić information content (AvgIpc) is 3.09. The fourth-order valence-corrected chi connectivity index (χ4v) is 2.36. The zero-order valence-electron chi connectivity index (χ0n) is 11.0. The standard InChI is InChI=1S/C14H10FN3O2S/c1-8-17-18-14(21-8)16-13(19)12-7-6-11(20-12)9-4-2-3-5-10(9)15/h2-7H,1H3,(H,16,18,19). The first-order chi connectivity index (χ1) is 10.1. The molecule has 5 nitrogen and oxygen atoms in total. The number of benzene rings is 1. The van der Waals surface area contributed by atoms with Gasteiger partial charge in [-0.25, -0.2) is 4.39 Å². The Morgan fingerprint density at radius 3 is 2.76 bits per heavy atom. The van der Waals surface area contributed by atoms with Crippen molar-refractivity contribution in [2.75, 3.05) is 5.32 Å². The van der Waals surface area contributed by atoms with Crippen LogP contribution in [0.4, 0.5) is 9.52 Å². The smallest absolute Gasteiger partial charge is 0.293 e. The Labute approximate surface area is 123 Å². The third-order valence-electron chi connectivity index (χ3n) is 2.72. The highest BCUT2D eigenvalue weighted by Crippen LogP contribution is 2.25. The van der Waals surface area contributed by atoms with E-state index in [1.807, 2.05) is 0 Å². The molecule has 0 atom stereocenters.